The second-order valence-corrected chi connectivity index (χ2v) is 6.89. The molecule has 2 rings (SSSR count). The highest BCUT2D eigenvalue weighted by Crippen LogP contribution is 2.35. The van der Waals surface area contributed by atoms with Gasteiger partial charge in [-0.15, -0.1) is 0 Å². The van der Waals surface area contributed by atoms with Gasteiger partial charge >= 0.3 is 6.18 Å². The molecular weight excluding hydrogens is 291 g/mol. The van der Waals surface area contributed by atoms with E-state index in [1.165, 1.54) is 6.07 Å². The van der Waals surface area contributed by atoms with Crippen LogP contribution in [0.5, 0.6) is 0 Å². The first-order valence-electron chi connectivity index (χ1n) is 6.35. The highest BCUT2D eigenvalue weighted by atomic mass is 32.2. The molecule has 0 aliphatic carbocycles. The molecule has 0 amide bonds. The second kappa shape index (κ2) is 5.37. The fourth-order valence-corrected chi connectivity index (χ4v) is 4.10. The van der Waals surface area contributed by atoms with Gasteiger partial charge in [0.15, 0.2) is 0 Å². The fourth-order valence-electron chi connectivity index (χ4n) is 2.41. The van der Waals surface area contributed by atoms with E-state index in [1.54, 1.807) is 25.1 Å². The first-order chi connectivity index (χ1) is 9.23. The maximum atomic E-state index is 12.6. The van der Waals surface area contributed by atoms with E-state index in [4.69, 9.17) is 0 Å². The Hall–Kier alpha value is -1.08. The minimum Gasteiger partial charge on any atom is -0.207 e. The van der Waals surface area contributed by atoms with Crippen molar-refractivity contribution in [3.8, 4) is 0 Å². The summed E-state index contributed by atoms with van der Waals surface area (Å²) in [5.74, 6) is -1.40. The Balaban J connectivity index is 2.16. The second-order valence-electron chi connectivity index (χ2n) is 4.99. The van der Waals surface area contributed by atoms with E-state index in [1.807, 2.05) is 0 Å². The highest BCUT2D eigenvalue weighted by molar-refractivity contribution is 7.89. The molecule has 1 aromatic carbocycles. The van der Waals surface area contributed by atoms with Crippen LogP contribution in [0.2, 0.25) is 0 Å². The van der Waals surface area contributed by atoms with Crippen LogP contribution < -0.4 is 0 Å². The largest absolute Gasteiger partial charge is 0.391 e. The number of sulfonamides is 1. The zero-order valence-electron chi connectivity index (χ0n) is 11.0. The van der Waals surface area contributed by atoms with Crippen LogP contribution >= 0.6 is 0 Å². The minimum atomic E-state index is -4.24. The number of halogens is 3. The van der Waals surface area contributed by atoms with Crippen LogP contribution in [0.1, 0.15) is 18.4 Å². The van der Waals surface area contributed by atoms with Crippen molar-refractivity contribution < 1.29 is 21.6 Å². The molecule has 0 unspecified atom stereocenters. The number of benzene rings is 1. The summed E-state index contributed by atoms with van der Waals surface area (Å²) in [6.07, 6.45) is -4.58. The van der Waals surface area contributed by atoms with Gasteiger partial charge in [-0.25, -0.2) is 8.42 Å². The van der Waals surface area contributed by atoms with Crippen molar-refractivity contribution in [1.82, 2.24) is 4.31 Å². The lowest BCUT2D eigenvalue weighted by Gasteiger charge is -2.32. The number of rotatable bonds is 2. The van der Waals surface area contributed by atoms with Crippen molar-refractivity contribution >= 4 is 10.0 Å². The van der Waals surface area contributed by atoms with E-state index in [0.717, 1.165) is 4.31 Å². The summed E-state index contributed by atoms with van der Waals surface area (Å²) >= 11 is 0. The maximum Gasteiger partial charge on any atom is 0.391 e. The summed E-state index contributed by atoms with van der Waals surface area (Å²) in [4.78, 5) is 0.172. The van der Waals surface area contributed by atoms with E-state index in [-0.39, 0.29) is 30.8 Å². The van der Waals surface area contributed by atoms with Crippen molar-refractivity contribution in [3.63, 3.8) is 0 Å². The topological polar surface area (TPSA) is 37.4 Å². The third-order valence-corrected chi connectivity index (χ3v) is 5.69. The lowest BCUT2D eigenvalue weighted by atomic mass is 9.98. The highest BCUT2D eigenvalue weighted by Gasteiger charge is 2.43. The average molecular weight is 307 g/mol. The lowest BCUT2D eigenvalue weighted by Crippen LogP contribution is -2.42. The molecule has 1 aliphatic rings. The number of nitrogens with zero attached hydrogens (tertiary/aromatic N) is 1. The van der Waals surface area contributed by atoms with Gasteiger partial charge in [-0.2, -0.15) is 17.5 Å². The van der Waals surface area contributed by atoms with Crippen LogP contribution in [0.25, 0.3) is 0 Å². The molecule has 20 heavy (non-hydrogen) atoms. The molecule has 0 saturated carbocycles. The molecule has 3 nitrogen and oxygen atoms in total. The molecule has 0 spiro atoms. The molecule has 1 heterocycles. The molecule has 0 N–H and O–H groups in total. The number of hydrogen-bond acceptors (Lipinski definition) is 2. The molecule has 1 saturated heterocycles. The van der Waals surface area contributed by atoms with Gasteiger partial charge < -0.3 is 0 Å². The van der Waals surface area contributed by atoms with Crippen LogP contribution in [0, 0.1) is 12.8 Å². The van der Waals surface area contributed by atoms with Crippen LogP contribution in [0.15, 0.2) is 29.2 Å². The first-order valence-corrected chi connectivity index (χ1v) is 7.79. The minimum absolute atomic E-state index is 0.0825. The Morgan fingerprint density at radius 1 is 1.15 bits per heavy atom. The normalized spacial score (nSPS) is 19.2. The predicted molar refractivity (Wildman–Crippen MR) is 68.7 cm³/mol. The quantitative estimate of drug-likeness (QED) is 0.842. The Morgan fingerprint density at radius 3 is 2.20 bits per heavy atom. The molecule has 1 aliphatic heterocycles. The monoisotopic (exact) mass is 307 g/mol. The zero-order chi connectivity index (χ0) is 15.0. The average Bonchev–Trinajstić information content (AvgIpc) is 2.38. The molecular formula is C13H16F3NO2S. The SMILES string of the molecule is Cc1ccccc1S(=O)(=O)N1CCC(C(F)(F)F)CC1. The van der Waals surface area contributed by atoms with Gasteiger partial charge in [0.1, 0.15) is 0 Å². The molecule has 0 bridgehead atoms. The van der Waals surface area contributed by atoms with Gasteiger partial charge in [-0.1, -0.05) is 18.2 Å². The van der Waals surface area contributed by atoms with E-state index in [9.17, 15) is 21.6 Å². The number of hydrogen-bond donors (Lipinski definition) is 0. The van der Waals surface area contributed by atoms with E-state index < -0.39 is 22.1 Å². The van der Waals surface area contributed by atoms with Gasteiger partial charge in [-0.3, -0.25) is 0 Å². The van der Waals surface area contributed by atoms with Gasteiger partial charge in [0, 0.05) is 13.1 Å². The van der Waals surface area contributed by atoms with Crippen molar-refractivity contribution in [2.75, 3.05) is 13.1 Å². The third kappa shape index (κ3) is 2.98. The van der Waals surface area contributed by atoms with Gasteiger partial charge in [0.05, 0.1) is 10.8 Å². The summed E-state index contributed by atoms with van der Waals surface area (Å²) < 4.78 is 63.7. The summed E-state index contributed by atoms with van der Waals surface area (Å²) in [5.41, 5.74) is 0.602. The first kappa shape index (κ1) is 15.3. The molecule has 0 radical (unpaired) electrons. The summed E-state index contributed by atoms with van der Waals surface area (Å²) in [6.45, 7) is 1.51. The standard InChI is InChI=1S/C13H16F3NO2S/c1-10-4-2-3-5-12(10)20(18,19)17-8-6-11(7-9-17)13(14,15)16/h2-5,11H,6-9H2,1H3. The number of aryl methyl sites for hydroxylation is 1. The number of alkyl halides is 3. The Labute approximate surface area is 116 Å². The molecule has 7 heteroatoms. The van der Waals surface area contributed by atoms with Gasteiger partial charge in [0.25, 0.3) is 0 Å². The van der Waals surface area contributed by atoms with Crippen molar-refractivity contribution in [2.45, 2.75) is 30.8 Å². The molecule has 1 aromatic rings. The van der Waals surface area contributed by atoms with Crippen LogP contribution in [-0.2, 0) is 10.0 Å². The Kier molecular flexibility index (Phi) is 4.11. The fraction of sp³-hybridized carbons (Fsp3) is 0.538. The van der Waals surface area contributed by atoms with Crippen LogP contribution in [0.3, 0.4) is 0 Å². The van der Waals surface area contributed by atoms with Crippen molar-refractivity contribution in [1.29, 1.82) is 0 Å². The zero-order valence-corrected chi connectivity index (χ0v) is 11.8. The van der Waals surface area contributed by atoms with Gasteiger partial charge in [-0.05, 0) is 31.4 Å². The van der Waals surface area contributed by atoms with E-state index in [2.05, 4.69) is 0 Å². The molecule has 0 atom stereocenters. The van der Waals surface area contributed by atoms with Crippen molar-refractivity contribution in [2.24, 2.45) is 5.92 Å². The van der Waals surface area contributed by atoms with Crippen LogP contribution in [-0.4, -0.2) is 32.0 Å². The molecule has 0 aromatic heterocycles. The Bertz CT molecular complexity index is 576. The van der Waals surface area contributed by atoms with Gasteiger partial charge in [0.2, 0.25) is 10.0 Å². The summed E-state index contributed by atoms with van der Waals surface area (Å²) in [5, 5.41) is 0. The predicted octanol–water partition coefficient (Wildman–Crippen LogP) is 2.96. The smallest absolute Gasteiger partial charge is 0.207 e. The van der Waals surface area contributed by atoms with Crippen molar-refractivity contribution in [3.05, 3.63) is 29.8 Å². The molecule has 112 valence electrons. The van der Waals surface area contributed by atoms with E-state index in [0.29, 0.717) is 5.56 Å². The third-order valence-electron chi connectivity index (χ3n) is 3.63. The van der Waals surface area contributed by atoms with E-state index >= 15 is 0 Å². The summed E-state index contributed by atoms with van der Waals surface area (Å²) in [7, 11) is -3.70. The number of piperidine rings is 1. The maximum absolute atomic E-state index is 12.6. The summed E-state index contributed by atoms with van der Waals surface area (Å²) in [6, 6.07) is 6.50. The lowest BCUT2D eigenvalue weighted by molar-refractivity contribution is -0.182. The Morgan fingerprint density at radius 2 is 1.70 bits per heavy atom. The molecule has 1 fully saturated rings. The van der Waals surface area contributed by atoms with Crippen LogP contribution in [0.4, 0.5) is 13.2 Å².